The second-order valence-corrected chi connectivity index (χ2v) is 7.64. The Morgan fingerprint density at radius 1 is 1.07 bits per heavy atom. The number of ketones is 1. The van der Waals surface area contributed by atoms with Crippen LogP contribution < -0.4 is 5.32 Å². The number of amides is 4. The molecule has 2 heterocycles. The number of carbonyl (C=O) groups is 5. The van der Waals surface area contributed by atoms with Crippen molar-refractivity contribution in [2.75, 3.05) is 0 Å². The van der Waals surface area contributed by atoms with E-state index in [0.29, 0.717) is 24.8 Å². The van der Waals surface area contributed by atoms with Crippen LogP contribution >= 0.6 is 0 Å². The molecule has 0 aliphatic carbocycles. The number of nitrogens with one attached hydrogen (secondary N) is 1. The number of aryl methyl sites for hydroxylation is 1. The van der Waals surface area contributed by atoms with Crippen LogP contribution in [0, 0.1) is 0 Å². The average molecular weight is 398 g/mol. The molecule has 2 aliphatic heterocycles. The Kier molecular flexibility index (Phi) is 6.56. The fourth-order valence-electron chi connectivity index (χ4n) is 3.94. The van der Waals surface area contributed by atoms with Gasteiger partial charge < -0.3 is 0 Å². The van der Waals surface area contributed by atoms with E-state index in [-0.39, 0.29) is 29.8 Å². The van der Waals surface area contributed by atoms with Crippen molar-refractivity contribution in [3.63, 3.8) is 0 Å². The minimum absolute atomic E-state index is 0.0865. The Balaban J connectivity index is 1.71. The van der Waals surface area contributed by atoms with Crippen molar-refractivity contribution < 1.29 is 24.0 Å². The Bertz CT molecular complexity index is 861. The van der Waals surface area contributed by atoms with E-state index in [4.69, 9.17) is 0 Å². The molecule has 0 radical (unpaired) electrons. The molecule has 1 unspecified atom stereocenters. The number of hydrogen-bond acceptors (Lipinski definition) is 5. The Morgan fingerprint density at radius 2 is 1.86 bits per heavy atom. The first-order valence-electron chi connectivity index (χ1n) is 10.3. The lowest BCUT2D eigenvalue weighted by Crippen LogP contribution is -2.54. The molecule has 7 heteroatoms. The summed E-state index contributed by atoms with van der Waals surface area (Å²) in [6, 6.07) is 4.03. The van der Waals surface area contributed by atoms with Crippen molar-refractivity contribution in [2.45, 2.75) is 70.8 Å². The Labute approximate surface area is 169 Å². The van der Waals surface area contributed by atoms with Gasteiger partial charge in [0.2, 0.25) is 11.8 Å². The van der Waals surface area contributed by atoms with Crippen LogP contribution in [0.5, 0.6) is 0 Å². The molecule has 0 saturated carbocycles. The number of benzene rings is 1. The fraction of sp³-hybridized carbons (Fsp3) is 0.500. The van der Waals surface area contributed by atoms with Gasteiger partial charge in [-0.1, -0.05) is 38.3 Å². The van der Waals surface area contributed by atoms with E-state index in [1.165, 1.54) is 0 Å². The highest BCUT2D eigenvalue weighted by Crippen LogP contribution is 2.30. The van der Waals surface area contributed by atoms with Gasteiger partial charge in [0, 0.05) is 19.3 Å². The van der Waals surface area contributed by atoms with E-state index < -0.39 is 29.7 Å². The number of fused-ring (bicyclic) bond motifs is 1. The summed E-state index contributed by atoms with van der Waals surface area (Å²) < 4.78 is 0. The third-order valence-corrected chi connectivity index (χ3v) is 5.54. The van der Waals surface area contributed by atoms with Gasteiger partial charge in [0.15, 0.2) is 0 Å². The number of rotatable bonds is 9. The molecular weight excluding hydrogens is 372 g/mol. The van der Waals surface area contributed by atoms with Crippen molar-refractivity contribution in [3.05, 3.63) is 34.9 Å². The van der Waals surface area contributed by atoms with Gasteiger partial charge in [-0.15, -0.1) is 0 Å². The largest absolute Gasteiger partial charge is 0.300 e. The zero-order chi connectivity index (χ0) is 21.0. The van der Waals surface area contributed by atoms with Crippen molar-refractivity contribution in [3.8, 4) is 0 Å². The van der Waals surface area contributed by atoms with Crippen molar-refractivity contribution in [2.24, 2.45) is 0 Å². The van der Waals surface area contributed by atoms with Gasteiger partial charge in [0.1, 0.15) is 11.8 Å². The number of unbranched alkanes of at least 4 members (excludes halogenated alkanes) is 3. The molecule has 0 bridgehead atoms. The SMILES string of the molecule is CCCCCCC(=O)CCc1cccc2c1C(=O)N(C1CCC(=O)NC1=O)C2=O. The highest BCUT2D eigenvalue weighted by molar-refractivity contribution is 6.24. The number of carbonyl (C=O) groups excluding carboxylic acids is 5. The molecule has 1 N–H and O–H groups in total. The minimum Gasteiger partial charge on any atom is -0.300 e. The summed E-state index contributed by atoms with van der Waals surface area (Å²) in [6.07, 6.45) is 5.60. The third-order valence-electron chi connectivity index (χ3n) is 5.54. The zero-order valence-corrected chi connectivity index (χ0v) is 16.7. The fourth-order valence-corrected chi connectivity index (χ4v) is 3.94. The Hall–Kier alpha value is -2.83. The third kappa shape index (κ3) is 4.44. The lowest BCUT2D eigenvalue weighted by molar-refractivity contribution is -0.136. The van der Waals surface area contributed by atoms with Crippen molar-refractivity contribution >= 4 is 29.4 Å². The molecule has 154 valence electrons. The van der Waals surface area contributed by atoms with Crippen LogP contribution in [0.1, 0.15) is 84.6 Å². The molecule has 29 heavy (non-hydrogen) atoms. The summed E-state index contributed by atoms with van der Waals surface area (Å²) in [7, 11) is 0. The van der Waals surface area contributed by atoms with Crippen LogP contribution in [0.4, 0.5) is 0 Å². The van der Waals surface area contributed by atoms with Crippen LogP contribution in [0.15, 0.2) is 18.2 Å². The first-order valence-corrected chi connectivity index (χ1v) is 10.3. The van der Waals surface area contributed by atoms with Gasteiger partial charge in [-0.25, -0.2) is 0 Å². The van der Waals surface area contributed by atoms with Crippen LogP contribution in [0.25, 0.3) is 0 Å². The van der Waals surface area contributed by atoms with Crippen LogP contribution in [-0.4, -0.2) is 40.4 Å². The number of Topliss-reactive ketones (excluding diaryl/α,β-unsaturated/α-hetero) is 1. The molecule has 1 saturated heterocycles. The van der Waals surface area contributed by atoms with Crippen LogP contribution in [0.2, 0.25) is 0 Å². The number of nitrogens with zero attached hydrogens (tertiary/aromatic N) is 1. The highest BCUT2D eigenvalue weighted by Gasteiger charge is 2.45. The molecule has 1 aromatic carbocycles. The molecule has 7 nitrogen and oxygen atoms in total. The number of imide groups is 2. The first-order chi connectivity index (χ1) is 13.9. The maximum Gasteiger partial charge on any atom is 0.262 e. The van der Waals surface area contributed by atoms with E-state index >= 15 is 0 Å². The van der Waals surface area contributed by atoms with Crippen molar-refractivity contribution in [1.29, 1.82) is 0 Å². The molecule has 1 atom stereocenters. The van der Waals surface area contributed by atoms with Gasteiger partial charge in [-0.2, -0.15) is 0 Å². The molecule has 3 rings (SSSR count). The van der Waals surface area contributed by atoms with E-state index in [9.17, 15) is 24.0 Å². The van der Waals surface area contributed by atoms with E-state index in [0.717, 1.165) is 30.6 Å². The lowest BCUT2D eigenvalue weighted by Gasteiger charge is -2.27. The summed E-state index contributed by atoms with van der Waals surface area (Å²) in [5.74, 6) is -1.92. The van der Waals surface area contributed by atoms with E-state index in [2.05, 4.69) is 12.2 Å². The second kappa shape index (κ2) is 9.11. The minimum atomic E-state index is -0.979. The predicted molar refractivity (Wildman–Crippen MR) is 105 cm³/mol. The second-order valence-electron chi connectivity index (χ2n) is 7.64. The van der Waals surface area contributed by atoms with Crippen molar-refractivity contribution in [1.82, 2.24) is 10.2 Å². The molecular formula is C22H26N2O5. The highest BCUT2D eigenvalue weighted by atomic mass is 16.2. The van der Waals surface area contributed by atoms with Crippen LogP contribution in [0.3, 0.4) is 0 Å². The standard InChI is InChI=1S/C22H26N2O5/c1-2-3-4-5-8-15(25)11-10-14-7-6-9-16-19(14)22(29)24(21(16)28)17-12-13-18(26)23-20(17)27/h6-7,9,17H,2-5,8,10-13H2,1H3,(H,23,26,27). The molecule has 2 aliphatic rings. The monoisotopic (exact) mass is 398 g/mol. The number of piperidine rings is 1. The predicted octanol–water partition coefficient (Wildman–Crippen LogP) is 2.56. The number of hydrogen-bond donors (Lipinski definition) is 1. The summed E-state index contributed by atoms with van der Waals surface area (Å²) in [5.41, 5.74) is 1.19. The van der Waals surface area contributed by atoms with Gasteiger partial charge in [0.05, 0.1) is 11.1 Å². The van der Waals surface area contributed by atoms with Gasteiger partial charge in [-0.3, -0.25) is 34.2 Å². The zero-order valence-electron chi connectivity index (χ0n) is 16.7. The summed E-state index contributed by atoms with van der Waals surface area (Å²) in [6.45, 7) is 2.12. The van der Waals surface area contributed by atoms with Gasteiger partial charge in [-0.05, 0) is 30.9 Å². The quantitative estimate of drug-likeness (QED) is 0.509. The maximum atomic E-state index is 13.0. The summed E-state index contributed by atoms with van der Waals surface area (Å²) in [4.78, 5) is 62.5. The van der Waals surface area contributed by atoms with E-state index in [1.807, 2.05) is 0 Å². The van der Waals surface area contributed by atoms with Gasteiger partial charge in [0.25, 0.3) is 11.8 Å². The first kappa shape index (κ1) is 20.9. The van der Waals surface area contributed by atoms with Gasteiger partial charge >= 0.3 is 0 Å². The summed E-state index contributed by atoms with van der Waals surface area (Å²) >= 11 is 0. The topological polar surface area (TPSA) is 101 Å². The lowest BCUT2D eigenvalue weighted by atomic mass is 9.97. The Morgan fingerprint density at radius 3 is 2.59 bits per heavy atom. The van der Waals surface area contributed by atoms with E-state index in [1.54, 1.807) is 18.2 Å². The van der Waals surface area contributed by atoms with Crippen LogP contribution in [-0.2, 0) is 20.8 Å². The molecule has 1 aromatic rings. The normalized spacial score (nSPS) is 18.8. The average Bonchev–Trinajstić information content (AvgIpc) is 2.95. The maximum absolute atomic E-state index is 13.0. The molecule has 0 spiro atoms. The summed E-state index contributed by atoms with van der Waals surface area (Å²) in [5, 5.41) is 2.19. The smallest absolute Gasteiger partial charge is 0.262 e. The molecule has 0 aromatic heterocycles. The molecule has 1 fully saturated rings. The molecule has 4 amide bonds.